The minimum atomic E-state index is -0.204. The molecule has 3 aromatic rings. The third-order valence-corrected chi connectivity index (χ3v) is 3.89. The lowest BCUT2D eigenvalue weighted by Gasteiger charge is -2.06. The molecule has 0 spiro atoms. The third kappa shape index (κ3) is 4.88. The average molecular weight is 356 g/mol. The number of carbonyl (C=O) groups excluding carboxylic acids is 1. The van der Waals surface area contributed by atoms with Gasteiger partial charge in [0, 0.05) is 10.6 Å². The van der Waals surface area contributed by atoms with Gasteiger partial charge in [0.05, 0.1) is 6.54 Å². The van der Waals surface area contributed by atoms with Crippen LogP contribution in [0.1, 0.15) is 11.3 Å². The zero-order valence-corrected chi connectivity index (χ0v) is 14.5. The number of nitrogens with one attached hydrogen (secondary N) is 1. The van der Waals surface area contributed by atoms with Crippen molar-refractivity contribution >= 4 is 17.5 Å². The third-order valence-electron chi connectivity index (χ3n) is 3.64. The van der Waals surface area contributed by atoms with Crippen LogP contribution in [0.2, 0.25) is 5.02 Å². The molecule has 4 nitrogen and oxygen atoms in total. The zero-order chi connectivity index (χ0) is 17.6. The fourth-order valence-electron chi connectivity index (χ4n) is 2.26. The van der Waals surface area contributed by atoms with Gasteiger partial charge in [-0.2, -0.15) is 0 Å². The summed E-state index contributed by atoms with van der Waals surface area (Å²) in [5, 5.41) is 3.45. The molecular formula is C20H18ClNO3. The number of amides is 1. The molecule has 0 radical (unpaired) electrons. The molecule has 0 aliphatic carbocycles. The highest BCUT2D eigenvalue weighted by Crippen LogP contribution is 2.23. The molecule has 128 valence electrons. The predicted molar refractivity (Wildman–Crippen MR) is 97.7 cm³/mol. The van der Waals surface area contributed by atoms with E-state index in [1.54, 1.807) is 0 Å². The van der Waals surface area contributed by atoms with Gasteiger partial charge in [0.1, 0.15) is 17.3 Å². The molecule has 5 heteroatoms. The highest BCUT2D eigenvalue weighted by atomic mass is 35.5. The minimum absolute atomic E-state index is 0.0339. The molecule has 0 aliphatic rings. The minimum Gasteiger partial charge on any atom is -0.484 e. The lowest BCUT2D eigenvalue weighted by molar-refractivity contribution is -0.123. The Balaban J connectivity index is 1.49. The molecular weight excluding hydrogens is 338 g/mol. The topological polar surface area (TPSA) is 51.5 Å². The second-order valence-electron chi connectivity index (χ2n) is 5.65. The van der Waals surface area contributed by atoms with Crippen molar-refractivity contribution in [2.75, 3.05) is 6.61 Å². The van der Waals surface area contributed by atoms with Crippen molar-refractivity contribution in [2.45, 2.75) is 13.5 Å². The summed E-state index contributed by atoms with van der Waals surface area (Å²) < 4.78 is 11.2. The predicted octanol–water partition coefficient (Wildman–Crippen LogP) is 4.60. The van der Waals surface area contributed by atoms with Crippen LogP contribution >= 0.6 is 11.6 Å². The Morgan fingerprint density at radius 1 is 1.04 bits per heavy atom. The number of furan rings is 1. The van der Waals surface area contributed by atoms with E-state index in [9.17, 15) is 4.79 Å². The van der Waals surface area contributed by atoms with Crippen LogP contribution in [0.25, 0.3) is 11.3 Å². The van der Waals surface area contributed by atoms with Gasteiger partial charge in [-0.3, -0.25) is 4.79 Å². The normalized spacial score (nSPS) is 10.5. The van der Waals surface area contributed by atoms with Gasteiger partial charge in [-0.05, 0) is 55.5 Å². The van der Waals surface area contributed by atoms with Gasteiger partial charge in [0.15, 0.2) is 6.61 Å². The summed E-state index contributed by atoms with van der Waals surface area (Å²) in [4.78, 5) is 11.9. The molecule has 0 unspecified atom stereocenters. The van der Waals surface area contributed by atoms with Crippen LogP contribution in [-0.4, -0.2) is 12.5 Å². The molecule has 0 aliphatic heterocycles. The number of carbonyl (C=O) groups is 1. The summed E-state index contributed by atoms with van der Waals surface area (Å²) in [6.45, 7) is 2.27. The molecule has 1 aromatic heterocycles. The molecule has 1 amide bonds. The summed E-state index contributed by atoms with van der Waals surface area (Å²) >= 11 is 5.88. The van der Waals surface area contributed by atoms with Crippen LogP contribution in [0, 0.1) is 6.92 Å². The van der Waals surface area contributed by atoms with Crippen molar-refractivity contribution in [1.82, 2.24) is 5.32 Å². The Labute approximate surface area is 151 Å². The Morgan fingerprint density at radius 3 is 2.48 bits per heavy atom. The van der Waals surface area contributed by atoms with E-state index in [0.29, 0.717) is 23.1 Å². The smallest absolute Gasteiger partial charge is 0.258 e. The van der Waals surface area contributed by atoms with Crippen LogP contribution in [0.5, 0.6) is 5.75 Å². The highest BCUT2D eigenvalue weighted by Gasteiger charge is 2.07. The van der Waals surface area contributed by atoms with Gasteiger partial charge < -0.3 is 14.5 Å². The molecule has 3 rings (SSSR count). The maximum atomic E-state index is 11.9. The molecule has 0 saturated heterocycles. The van der Waals surface area contributed by atoms with Crippen molar-refractivity contribution in [3.8, 4) is 17.1 Å². The van der Waals surface area contributed by atoms with Crippen LogP contribution in [-0.2, 0) is 11.3 Å². The van der Waals surface area contributed by atoms with E-state index in [0.717, 1.165) is 16.9 Å². The van der Waals surface area contributed by atoms with Crippen molar-refractivity contribution in [3.05, 3.63) is 77.0 Å². The SMILES string of the molecule is Cc1ccc(OCC(=O)NCc2ccc(-c3ccc(Cl)cc3)o2)cc1. The zero-order valence-electron chi connectivity index (χ0n) is 13.8. The van der Waals surface area contributed by atoms with E-state index in [1.165, 1.54) is 0 Å². The van der Waals surface area contributed by atoms with Gasteiger partial charge in [0.2, 0.25) is 0 Å². The summed E-state index contributed by atoms with van der Waals surface area (Å²) in [5.41, 5.74) is 2.08. The maximum absolute atomic E-state index is 11.9. The van der Waals surface area contributed by atoms with Crippen LogP contribution < -0.4 is 10.1 Å². The van der Waals surface area contributed by atoms with Gasteiger partial charge in [-0.1, -0.05) is 29.3 Å². The average Bonchev–Trinajstić information content (AvgIpc) is 3.09. The van der Waals surface area contributed by atoms with E-state index in [-0.39, 0.29) is 12.5 Å². The molecule has 0 atom stereocenters. The Bertz CT molecular complexity index is 838. The van der Waals surface area contributed by atoms with Crippen molar-refractivity contribution in [2.24, 2.45) is 0 Å². The number of benzene rings is 2. The van der Waals surface area contributed by atoms with Gasteiger partial charge >= 0.3 is 0 Å². The fourth-order valence-corrected chi connectivity index (χ4v) is 2.39. The first kappa shape index (κ1) is 17.1. The second kappa shape index (κ2) is 7.90. The van der Waals surface area contributed by atoms with Crippen LogP contribution in [0.4, 0.5) is 0 Å². The largest absolute Gasteiger partial charge is 0.484 e. The second-order valence-corrected chi connectivity index (χ2v) is 6.09. The quantitative estimate of drug-likeness (QED) is 0.702. The molecule has 25 heavy (non-hydrogen) atoms. The van der Waals surface area contributed by atoms with E-state index in [2.05, 4.69) is 5.32 Å². The summed E-state index contributed by atoms with van der Waals surface area (Å²) in [6.07, 6.45) is 0. The molecule has 1 heterocycles. The lowest BCUT2D eigenvalue weighted by Crippen LogP contribution is -2.28. The first-order valence-electron chi connectivity index (χ1n) is 7.91. The molecule has 2 aromatic carbocycles. The van der Waals surface area contributed by atoms with E-state index in [4.69, 9.17) is 20.8 Å². The van der Waals surface area contributed by atoms with Crippen LogP contribution in [0.15, 0.2) is 65.1 Å². The standard InChI is InChI=1S/C20H18ClNO3/c1-14-2-8-17(9-3-14)24-13-20(23)22-12-18-10-11-19(25-18)15-4-6-16(21)7-5-15/h2-11H,12-13H2,1H3,(H,22,23). The number of hydrogen-bond donors (Lipinski definition) is 1. The maximum Gasteiger partial charge on any atom is 0.258 e. The fraction of sp³-hybridized carbons (Fsp3) is 0.150. The molecule has 0 bridgehead atoms. The van der Waals surface area contributed by atoms with Gasteiger partial charge in [-0.25, -0.2) is 0 Å². The molecule has 0 saturated carbocycles. The number of aryl methyl sites for hydroxylation is 1. The Morgan fingerprint density at radius 2 is 1.76 bits per heavy atom. The summed E-state index contributed by atoms with van der Waals surface area (Å²) in [7, 11) is 0. The van der Waals surface area contributed by atoms with Crippen molar-refractivity contribution in [3.63, 3.8) is 0 Å². The van der Waals surface area contributed by atoms with Gasteiger partial charge in [-0.15, -0.1) is 0 Å². The van der Waals surface area contributed by atoms with E-state index in [1.807, 2.05) is 67.6 Å². The first-order chi connectivity index (χ1) is 12.1. The van der Waals surface area contributed by atoms with Crippen molar-refractivity contribution in [1.29, 1.82) is 0 Å². The van der Waals surface area contributed by atoms with E-state index < -0.39 is 0 Å². The van der Waals surface area contributed by atoms with Crippen LogP contribution in [0.3, 0.4) is 0 Å². The monoisotopic (exact) mass is 355 g/mol. The molecule has 1 N–H and O–H groups in total. The lowest BCUT2D eigenvalue weighted by atomic mass is 10.2. The van der Waals surface area contributed by atoms with Gasteiger partial charge in [0.25, 0.3) is 5.91 Å². The Kier molecular flexibility index (Phi) is 5.41. The first-order valence-corrected chi connectivity index (χ1v) is 8.29. The number of halogens is 1. The number of hydrogen-bond acceptors (Lipinski definition) is 3. The highest BCUT2D eigenvalue weighted by molar-refractivity contribution is 6.30. The molecule has 0 fully saturated rings. The van der Waals surface area contributed by atoms with Crippen molar-refractivity contribution < 1.29 is 13.9 Å². The number of rotatable bonds is 6. The summed E-state index contributed by atoms with van der Waals surface area (Å²) in [6, 6.07) is 18.7. The summed E-state index contributed by atoms with van der Waals surface area (Å²) in [5.74, 6) is 1.87. The number of ether oxygens (including phenoxy) is 1. The van der Waals surface area contributed by atoms with E-state index >= 15 is 0 Å². The Hall–Kier alpha value is -2.72.